The fraction of sp³-hybridized carbons (Fsp3) is 0.227. The zero-order valence-corrected chi connectivity index (χ0v) is 17.0. The number of hydrogen-bond acceptors (Lipinski definition) is 4. The molecule has 1 aliphatic rings. The molecule has 0 saturated carbocycles. The van der Waals surface area contributed by atoms with Gasteiger partial charge >= 0.3 is 0 Å². The van der Waals surface area contributed by atoms with Gasteiger partial charge in [-0.2, -0.15) is 5.26 Å². The summed E-state index contributed by atoms with van der Waals surface area (Å²) in [4.78, 5) is 19.3. The zero-order chi connectivity index (χ0) is 20.4. The minimum Gasteiger partial charge on any atom is -0.371 e. The van der Waals surface area contributed by atoms with Crippen LogP contribution < -0.4 is 10.2 Å². The molecule has 0 bridgehead atoms. The van der Waals surface area contributed by atoms with Gasteiger partial charge in [-0.25, -0.2) is 0 Å². The number of piperidine rings is 1. The maximum Gasteiger partial charge on any atom is 0.253 e. The lowest BCUT2D eigenvalue weighted by Gasteiger charge is -2.34. The molecular weight excluding hydrogens is 407 g/mol. The summed E-state index contributed by atoms with van der Waals surface area (Å²) >= 11 is 12.2. The lowest BCUT2D eigenvalue weighted by Crippen LogP contribution is -2.44. The number of nitriles is 1. The molecule has 0 atom stereocenters. The Hall–Kier alpha value is -2.81. The van der Waals surface area contributed by atoms with Gasteiger partial charge in [0.2, 0.25) is 0 Å². The van der Waals surface area contributed by atoms with Crippen LogP contribution in [0, 0.1) is 11.3 Å². The van der Waals surface area contributed by atoms with Crippen molar-refractivity contribution >= 4 is 45.7 Å². The molecule has 7 heteroatoms. The molecule has 0 aliphatic carbocycles. The van der Waals surface area contributed by atoms with Gasteiger partial charge in [0.15, 0.2) is 0 Å². The third-order valence-corrected chi connectivity index (χ3v) is 6.03. The lowest BCUT2D eigenvalue weighted by molar-refractivity contribution is 0.0931. The quantitative estimate of drug-likeness (QED) is 0.654. The minimum atomic E-state index is -0.200. The number of benzene rings is 2. The van der Waals surface area contributed by atoms with E-state index in [0.717, 1.165) is 42.5 Å². The molecule has 5 nitrogen and oxygen atoms in total. The van der Waals surface area contributed by atoms with Crippen LogP contribution in [0.15, 0.2) is 48.7 Å². The Labute approximate surface area is 178 Å². The maximum absolute atomic E-state index is 12.6. The highest BCUT2D eigenvalue weighted by molar-refractivity contribution is 6.43. The number of halogens is 2. The molecule has 2 heterocycles. The van der Waals surface area contributed by atoms with Crippen molar-refractivity contribution in [2.75, 3.05) is 18.0 Å². The van der Waals surface area contributed by atoms with Crippen molar-refractivity contribution in [1.29, 1.82) is 5.26 Å². The van der Waals surface area contributed by atoms with Crippen LogP contribution in [-0.4, -0.2) is 30.0 Å². The number of fused-ring (bicyclic) bond motifs is 1. The van der Waals surface area contributed by atoms with Crippen molar-refractivity contribution in [3.63, 3.8) is 0 Å². The fourth-order valence-electron chi connectivity index (χ4n) is 3.69. The van der Waals surface area contributed by atoms with Crippen LogP contribution in [-0.2, 0) is 0 Å². The summed E-state index contributed by atoms with van der Waals surface area (Å²) in [5.41, 5.74) is 2.91. The maximum atomic E-state index is 12.6. The van der Waals surface area contributed by atoms with E-state index < -0.39 is 0 Å². The van der Waals surface area contributed by atoms with E-state index in [9.17, 15) is 4.79 Å². The van der Waals surface area contributed by atoms with Gasteiger partial charge in [-0.3, -0.25) is 9.78 Å². The summed E-state index contributed by atoms with van der Waals surface area (Å²) in [5, 5.41) is 13.8. The number of amides is 1. The second kappa shape index (κ2) is 8.28. The van der Waals surface area contributed by atoms with Crippen molar-refractivity contribution in [2.45, 2.75) is 18.9 Å². The molecule has 1 aromatic heterocycles. The van der Waals surface area contributed by atoms with Crippen LogP contribution in [0.2, 0.25) is 10.0 Å². The molecule has 1 saturated heterocycles. The standard InChI is InChI=1S/C22H18Cl2N4O/c23-18-3-1-2-17(21(18)24)22(29)27-15-7-10-28(11-8-15)20-6-9-26-19-12-14(13-25)4-5-16(19)20/h1-6,9,12,15H,7-8,10-11H2,(H,27,29). The Morgan fingerprint density at radius 1 is 1.17 bits per heavy atom. The number of anilines is 1. The van der Waals surface area contributed by atoms with Crippen LogP contribution in [0.4, 0.5) is 5.69 Å². The topological polar surface area (TPSA) is 69.0 Å². The lowest BCUT2D eigenvalue weighted by atomic mass is 10.0. The average Bonchev–Trinajstić information content (AvgIpc) is 2.75. The van der Waals surface area contributed by atoms with E-state index in [2.05, 4.69) is 21.3 Å². The summed E-state index contributed by atoms with van der Waals surface area (Å²) in [7, 11) is 0. The predicted octanol–water partition coefficient (Wildman–Crippen LogP) is 4.81. The van der Waals surface area contributed by atoms with Crippen molar-refractivity contribution in [2.24, 2.45) is 0 Å². The second-order valence-corrected chi connectivity index (χ2v) is 7.80. The number of aromatic nitrogens is 1. The van der Waals surface area contributed by atoms with Gasteiger partial charge < -0.3 is 10.2 Å². The highest BCUT2D eigenvalue weighted by Crippen LogP contribution is 2.29. The van der Waals surface area contributed by atoms with Crippen molar-refractivity contribution < 1.29 is 4.79 Å². The third-order valence-electron chi connectivity index (χ3n) is 5.22. The molecule has 3 aromatic rings. The van der Waals surface area contributed by atoms with E-state index in [1.807, 2.05) is 18.2 Å². The Balaban J connectivity index is 1.45. The number of carbonyl (C=O) groups excluding carboxylic acids is 1. The molecule has 29 heavy (non-hydrogen) atoms. The smallest absolute Gasteiger partial charge is 0.253 e. The highest BCUT2D eigenvalue weighted by Gasteiger charge is 2.23. The van der Waals surface area contributed by atoms with E-state index in [0.29, 0.717) is 16.1 Å². The Kier molecular flexibility index (Phi) is 5.57. The van der Waals surface area contributed by atoms with Crippen molar-refractivity contribution in [3.8, 4) is 6.07 Å². The predicted molar refractivity (Wildman–Crippen MR) is 116 cm³/mol. The van der Waals surface area contributed by atoms with Crippen LogP contribution in [0.25, 0.3) is 10.9 Å². The Bertz CT molecular complexity index is 1120. The molecular formula is C22H18Cl2N4O. The van der Waals surface area contributed by atoms with Gasteiger partial charge in [0, 0.05) is 36.4 Å². The summed E-state index contributed by atoms with van der Waals surface area (Å²) in [6.45, 7) is 1.63. The average molecular weight is 425 g/mol. The highest BCUT2D eigenvalue weighted by atomic mass is 35.5. The van der Waals surface area contributed by atoms with Crippen LogP contribution in [0.1, 0.15) is 28.8 Å². The largest absolute Gasteiger partial charge is 0.371 e. The number of carbonyl (C=O) groups is 1. The van der Waals surface area contributed by atoms with Gasteiger partial charge in [0.25, 0.3) is 5.91 Å². The zero-order valence-electron chi connectivity index (χ0n) is 15.5. The first-order valence-corrected chi connectivity index (χ1v) is 10.1. The fourth-order valence-corrected chi connectivity index (χ4v) is 4.07. The van der Waals surface area contributed by atoms with Crippen LogP contribution in [0.3, 0.4) is 0 Å². The van der Waals surface area contributed by atoms with Crippen molar-refractivity contribution in [1.82, 2.24) is 10.3 Å². The number of nitrogens with one attached hydrogen (secondary N) is 1. The second-order valence-electron chi connectivity index (χ2n) is 7.01. The monoisotopic (exact) mass is 424 g/mol. The first-order valence-electron chi connectivity index (χ1n) is 9.35. The first kappa shape index (κ1) is 19.5. The molecule has 0 spiro atoms. The Morgan fingerprint density at radius 3 is 2.72 bits per heavy atom. The third kappa shape index (κ3) is 4.00. The van der Waals surface area contributed by atoms with Gasteiger partial charge in [0.05, 0.1) is 32.8 Å². The molecule has 0 radical (unpaired) electrons. The molecule has 0 unspecified atom stereocenters. The molecule has 1 N–H and O–H groups in total. The number of hydrogen-bond donors (Lipinski definition) is 1. The molecule has 146 valence electrons. The van der Waals surface area contributed by atoms with Gasteiger partial charge in [-0.15, -0.1) is 0 Å². The van der Waals surface area contributed by atoms with Crippen molar-refractivity contribution in [3.05, 3.63) is 69.8 Å². The molecule has 1 fully saturated rings. The normalized spacial score (nSPS) is 14.6. The molecule has 2 aromatic carbocycles. The summed E-state index contributed by atoms with van der Waals surface area (Å²) in [5.74, 6) is -0.200. The minimum absolute atomic E-state index is 0.0760. The molecule has 1 amide bonds. The molecule has 1 aliphatic heterocycles. The SMILES string of the molecule is N#Cc1ccc2c(N3CCC(NC(=O)c4cccc(Cl)c4Cl)CC3)ccnc2c1. The van der Waals surface area contributed by atoms with E-state index in [1.165, 1.54) is 0 Å². The van der Waals surface area contributed by atoms with Gasteiger partial charge in [-0.05, 0) is 49.2 Å². The van der Waals surface area contributed by atoms with E-state index >= 15 is 0 Å². The Morgan fingerprint density at radius 2 is 1.97 bits per heavy atom. The van der Waals surface area contributed by atoms with Gasteiger partial charge in [-0.1, -0.05) is 29.3 Å². The summed E-state index contributed by atoms with van der Waals surface area (Å²) in [6.07, 6.45) is 3.42. The van der Waals surface area contributed by atoms with E-state index in [4.69, 9.17) is 28.5 Å². The van der Waals surface area contributed by atoms with E-state index in [-0.39, 0.29) is 17.0 Å². The van der Waals surface area contributed by atoms with Gasteiger partial charge in [0.1, 0.15) is 0 Å². The molecule has 4 rings (SSSR count). The summed E-state index contributed by atoms with van der Waals surface area (Å²) in [6, 6.07) is 14.9. The number of pyridine rings is 1. The van der Waals surface area contributed by atoms with Crippen LogP contribution >= 0.6 is 23.2 Å². The summed E-state index contributed by atoms with van der Waals surface area (Å²) < 4.78 is 0. The van der Waals surface area contributed by atoms with E-state index in [1.54, 1.807) is 30.5 Å². The number of rotatable bonds is 3. The first-order chi connectivity index (χ1) is 14.1. The number of nitrogens with zero attached hydrogens (tertiary/aromatic N) is 3. The van der Waals surface area contributed by atoms with Crippen LogP contribution in [0.5, 0.6) is 0 Å².